The van der Waals surface area contributed by atoms with E-state index in [0.717, 1.165) is 17.1 Å². The van der Waals surface area contributed by atoms with Crippen molar-refractivity contribution < 1.29 is 0 Å². The highest BCUT2D eigenvalue weighted by Gasteiger charge is 2.12. The van der Waals surface area contributed by atoms with Crippen molar-refractivity contribution in [2.45, 2.75) is 13.3 Å². The number of nitrogens with two attached hydrogens (primary N) is 1. The fourth-order valence-corrected chi connectivity index (χ4v) is 3.08. The van der Waals surface area contributed by atoms with E-state index in [-0.39, 0.29) is 0 Å². The molecule has 0 saturated heterocycles. The van der Waals surface area contributed by atoms with Crippen molar-refractivity contribution in [1.82, 2.24) is 9.97 Å². The van der Waals surface area contributed by atoms with Gasteiger partial charge in [0.2, 0.25) is 0 Å². The van der Waals surface area contributed by atoms with Crippen molar-refractivity contribution in [2.24, 2.45) is 5.73 Å². The molecule has 4 heteroatoms. The fourth-order valence-electron chi connectivity index (χ4n) is 2.27. The van der Waals surface area contributed by atoms with Gasteiger partial charge in [-0.15, -0.1) is 11.3 Å². The number of hydrogen-bond acceptors (Lipinski definition) is 3. The van der Waals surface area contributed by atoms with E-state index in [2.05, 4.69) is 40.5 Å². The molecular formula is C14H15N3S. The van der Waals surface area contributed by atoms with Crippen LogP contribution in [0.1, 0.15) is 10.7 Å². The van der Waals surface area contributed by atoms with Gasteiger partial charge in [0, 0.05) is 34.0 Å². The van der Waals surface area contributed by atoms with E-state index in [1.807, 2.05) is 6.07 Å². The Morgan fingerprint density at radius 3 is 3.00 bits per heavy atom. The average molecular weight is 257 g/mol. The average Bonchev–Trinajstić information content (AvgIpc) is 2.92. The Labute approximate surface area is 110 Å². The first-order valence-corrected chi connectivity index (χ1v) is 6.89. The SMILES string of the molecule is Cc1[nH]c2ccccc2c1-c1csc(CCN)n1. The third-order valence-corrected chi connectivity index (χ3v) is 3.97. The minimum Gasteiger partial charge on any atom is -0.358 e. The second-order valence-electron chi connectivity index (χ2n) is 4.34. The molecular weight excluding hydrogens is 242 g/mol. The van der Waals surface area contributed by atoms with Gasteiger partial charge >= 0.3 is 0 Å². The number of aryl methyl sites for hydroxylation is 1. The van der Waals surface area contributed by atoms with Crippen molar-refractivity contribution in [2.75, 3.05) is 6.54 Å². The number of fused-ring (bicyclic) bond motifs is 1. The Kier molecular flexibility index (Phi) is 2.89. The Balaban J connectivity index is 2.15. The lowest BCUT2D eigenvalue weighted by Crippen LogP contribution is -2.01. The molecule has 3 aromatic rings. The highest BCUT2D eigenvalue weighted by Crippen LogP contribution is 2.32. The Bertz CT molecular complexity index is 681. The first kappa shape index (κ1) is 11.4. The van der Waals surface area contributed by atoms with Crippen molar-refractivity contribution >= 4 is 22.2 Å². The van der Waals surface area contributed by atoms with Crippen LogP contribution in [-0.4, -0.2) is 16.5 Å². The molecule has 2 aromatic heterocycles. The Morgan fingerprint density at radius 2 is 2.17 bits per heavy atom. The Morgan fingerprint density at radius 1 is 1.33 bits per heavy atom. The third kappa shape index (κ3) is 1.83. The van der Waals surface area contributed by atoms with E-state index in [4.69, 9.17) is 5.73 Å². The number of benzene rings is 1. The molecule has 0 atom stereocenters. The number of H-pyrrole nitrogens is 1. The van der Waals surface area contributed by atoms with Crippen molar-refractivity contribution in [3.05, 3.63) is 40.3 Å². The van der Waals surface area contributed by atoms with E-state index in [1.54, 1.807) is 11.3 Å². The maximum Gasteiger partial charge on any atom is 0.0945 e. The summed E-state index contributed by atoms with van der Waals surface area (Å²) in [5.41, 5.74) is 10.2. The van der Waals surface area contributed by atoms with Gasteiger partial charge in [-0.2, -0.15) is 0 Å². The van der Waals surface area contributed by atoms with Crippen molar-refractivity contribution in [3.63, 3.8) is 0 Å². The molecule has 0 aliphatic rings. The van der Waals surface area contributed by atoms with Crippen LogP contribution in [-0.2, 0) is 6.42 Å². The van der Waals surface area contributed by atoms with Crippen LogP contribution < -0.4 is 5.73 Å². The standard InChI is InChI=1S/C14H15N3S/c1-9-14(10-4-2-3-5-11(10)16-9)12-8-18-13(17-12)6-7-15/h2-5,8,16H,6-7,15H2,1H3. The van der Waals surface area contributed by atoms with Crippen LogP contribution in [0.3, 0.4) is 0 Å². The van der Waals surface area contributed by atoms with Gasteiger partial charge in [-0.25, -0.2) is 4.98 Å². The van der Waals surface area contributed by atoms with Crippen molar-refractivity contribution in [3.8, 4) is 11.3 Å². The summed E-state index contributed by atoms with van der Waals surface area (Å²) in [7, 11) is 0. The molecule has 0 fully saturated rings. The van der Waals surface area contributed by atoms with Gasteiger partial charge in [0.15, 0.2) is 0 Å². The molecule has 3 nitrogen and oxygen atoms in total. The smallest absolute Gasteiger partial charge is 0.0945 e. The lowest BCUT2D eigenvalue weighted by Gasteiger charge is -1.96. The lowest BCUT2D eigenvalue weighted by molar-refractivity contribution is 0.954. The monoisotopic (exact) mass is 257 g/mol. The van der Waals surface area contributed by atoms with E-state index >= 15 is 0 Å². The van der Waals surface area contributed by atoms with Crippen LogP contribution >= 0.6 is 11.3 Å². The molecule has 3 N–H and O–H groups in total. The van der Waals surface area contributed by atoms with Crippen LogP contribution in [0.5, 0.6) is 0 Å². The molecule has 0 aliphatic carbocycles. The van der Waals surface area contributed by atoms with Crippen LogP contribution in [0.15, 0.2) is 29.6 Å². The van der Waals surface area contributed by atoms with Gasteiger partial charge in [-0.05, 0) is 19.5 Å². The minimum absolute atomic E-state index is 0.653. The maximum absolute atomic E-state index is 5.57. The summed E-state index contributed by atoms with van der Waals surface area (Å²) in [6.07, 6.45) is 0.853. The minimum atomic E-state index is 0.653. The molecule has 0 unspecified atom stereocenters. The highest BCUT2D eigenvalue weighted by molar-refractivity contribution is 7.10. The fraction of sp³-hybridized carbons (Fsp3) is 0.214. The number of hydrogen-bond donors (Lipinski definition) is 2. The topological polar surface area (TPSA) is 54.7 Å². The Hall–Kier alpha value is -1.65. The van der Waals surface area contributed by atoms with Gasteiger partial charge in [-0.1, -0.05) is 18.2 Å². The maximum atomic E-state index is 5.57. The summed E-state index contributed by atoms with van der Waals surface area (Å²) in [5, 5.41) is 4.46. The molecule has 0 radical (unpaired) electrons. The van der Waals surface area contributed by atoms with E-state index in [1.165, 1.54) is 22.2 Å². The zero-order chi connectivity index (χ0) is 12.5. The summed E-state index contributed by atoms with van der Waals surface area (Å²) >= 11 is 1.68. The summed E-state index contributed by atoms with van der Waals surface area (Å²) < 4.78 is 0. The molecule has 0 amide bonds. The van der Waals surface area contributed by atoms with Gasteiger partial charge < -0.3 is 10.7 Å². The number of nitrogens with zero attached hydrogens (tertiary/aromatic N) is 1. The first-order valence-electron chi connectivity index (χ1n) is 6.01. The van der Waals surface area contributed by atoms with E-state index in [9.17, 15) is 0 Å². The van der Waals surface area contributed by atoms with Crippen LogP contribution in [0.2, 0.25) is 0 Å². The summed E-state index contributed by atoms with van der Waals surface area (Å²) in [6, 6.07) is 8.34. The van der Waals surface area contributed by atoms with Crippen LogP contribution in [0.4, 0.5) is 0 Å². The number of nitrogens with one attached hydrogen (secondary N) is 1. The number of para-hydroxylation sites is 1. The molecule has 0 spiro atoms. The normalized spacial score (nSPS) is 11.2. The molecule has 3 rings (SSSR count). The summed E-state index contributed by atoms with van der Waals surface area (Å²) in [5.74, 6) is 0. The first-order chi connectivity index (χ1) is 8.79. The molecule has 0 bridgehead atoms. The predicted octanol–water partition coefficient (Wildman–Crippen LogP) is 3.10. The van der Waals surface area contributed by atoms with Gasteiger partial charge in [0.25, 0.3) is 0 Å². The molecule has 18 heavy (non-hydrogen) atoms. The second kappa shape index (κ2) is 4.55. The number of aromatic nitrogens is 2. The number of aromatic amines is 1. The zero-order valence-corrected chi connectivity index (χ0v) is 11.1. The largest absolute Gasteiger partial charge is 0.358 e. The highest BCUT2D eigenvalue weighted by atomic mass is 32.1. The lowest BCUT2D eigenvalue weighted by atomic mass is 10.1. The quantitative estimate of drug-likeness (QED) is 0.757. The number of thiazole rings is 1. The summed E-state index contributed by atoms with van der Waals surface area (Å²) in [4.78, 5) is 8.08. The van der Waals surface area contributed by atoms with Crippen LogP contribution in [0, 0.1) is 6.92 Å². The molecule has 2 heterocycles. The molecule has 92 valence electrons. The van der Waals surface area contributed by atoms with Gasteiger partial charge in [0.1, 0.15) is 0 Å². The van der Waals surface area contributed by atoms with E-state index in [0.29, 0.717) is 6.54 Å². The second-order valence-corrected chi connectivity index (χ2v) is 5.28. The van der Waals surface area contributed by atoms with Gasteiger partial charge in [-0.3, -0.25) is 0 Å². The number of rotatable bonds is 3. The predicted molar refractivity (Wildman–Crippen MR) is 76.9 cm³/mol. The summed E-state index contributed by atoms with van der Waals surface area (Å²) in [6.45, 7) is 2.75. The molecule has 0 aliphatic heterocycles. The van der Waals surface area contributed by atoms with Gasteiger partial charge in [0.05, 0.1) is 10.7 Å². The molecule has 1 aromatic carbocycles. The third-order valence-electron chi connectivity index (χ3n) is 3.06. The zero-order valence-electron chi connectivity index (χ0n) is 10.2. The molecule has 0 saturated carbocycles. The van der Waals surface area contributed by atoms with E-state index < -0.39 is 0 Å². The van der Waals surface area contributed by atoms with Crippen molar-refractivity contribution in [1.29, 1.82) is 0 Å². The van der Waals surface area contributed by atoms with Crippen LogP contribution in [0.25, 0.3) is 22.2 Å².